The van der Waals surface area contributed by atoms with Crippen LogP contribution >= 0.6 is 0 Å². The molecule has 2 heteroatoms. The molecule has 22 heavy (non-hydrogen) atoms. The molecule has 0 aliphatic heterocycles. The minimum absolute atomic E-state index is 0.417. The first-order valence-electron chi connectivity index (χ1n) is 8.18. The lowest BCUT2D eigenvalue weighted by Gasteiger charge is -2.16. The Balaban J connectivity index is 1.81. The number of ether oxygens (including phenoxy) is 1. The van der Waals surface area contributed by atoms with E-state index >= 15 is 0 Å². The Kier molecular flexibility index (Phi) is 6.47. The summed E-state index contributed by atoms with van der Waals surface area (Å²) in [6.07, 6.45) is 2.08. The molecule has 0 fully saturated rings. The SMILES string of the molecule is CC(C)c1ccc(C(CN)CCCOc2ccccc2)cc1. The highest BCUT2D eigenvalue weighted by Crippen LogP contribution is 2.23. The first-order chi connectivity index (χ1) is 10.7. The third-order valence-corrected chi connectivity index (χ3v) is 4.07. The van der Waals surface area contributed by atoms with Crippen molar-refractivity contribution in [1.82, 2.24) is 0 Å². The van der Waals surface area contributed by atoms with E-state index in [4.69, 9.17) is 10.5 Å². The summed E-state index contributed by atoms with van der Waals surface area (Å²) in [6, 6.07) is 18.9. The molecule has 0 radical (unpaired) electrons. The minimum atomic E-state index is 0.417. The Labute approximate surface area is 134 Å². The van der Waals surface area contributed by atoms with Crippen molar-refractivity contribution >= 4 is 0 Å². The lowest BCUT2D eigenvalue weighted by Crippen LogP contribution is -2.14. The highest BCUT2D eigenvalue weighted by molar-refractivity contribution is 5.27. The second-order valence-corrected chi connectivity index (χ2v) is 6.06. The van der Waals surface area contributed by atoms with Crippen molar-refractivity contribution in [2.45, 2.75) is 38.5 Å². The summed E-state index contributed by atoms with van der Waals surface area (Å²) in [5.41, 5.74) is 8.68. The lowest BCUT2D eigenvalue weighted by atomic mass is 9.92. The normalized spacial score (nSPS) is 12.4. The zero-order valence-corrected chi connectivity index (χ0v) is 13.7. The third kappa shape index (κ3) is 4.88. The smallest absolute Gasteiger partial charge is 0.119 e. The molecule has 118 valence electrons. The van der Waals surface area contributed by atoms with E-state index < -0.39 is 0 Å². The average molecular weight is 297 g/mol. The van der Waals surface area contributed by atoms with Gasteiger partial charge in [0.15, 0.2) is 0 Å². The highest BCUT2D eigenvalue weighted by Gasteiger charge is 2.10. The van der Waals surface area contributed by atoms with Crippen molar-refractivity contribution in [3.63, 3.8) is 0 Å². The molecule has 0 aliphatic rings. The molecule has 0 saturated heterocycles. The molecule has 0 heterocycles. The second kappa shape index (κ2) is 8.60. The van der Waals surface area contributed by atoms with E-state index in [2.05, 4.69) is 38.1 Å². The number of para-hydroxylation sites is 1. The summed E-state index contributed by atoms with van der Waals surface area (Å²) in [6.45, 7) is 5.86. The van der Waals surface area contributed by atoms with Crippen LogP contribution in [0, 0.1) is 0 Å². The van der Waals surface area contributed by atoms with Gasteiger partial charge in [-0.05, 0) is 54.5 Å². The van der Waals surface area contributed by atoms with Gasteiger partial charge in [0, 0.05) is 0 Å². The molecule has 2 nitrogen and oxygen atoms in total. The van der Waals surface area contributed by atoms with Gasteiger partial charge in [0.05, 0.1) is 6.61 Å². The van der Waals surface area contributed by atoms with Crippen LogP contribution in [0.25, 0.3) is 0 Å². The second-order valence-electron chi connectivity index (χ2n) is 6.06. The standard InChI is InChI=1S/C20H27NO/c1-16(2)17-10-12-18(13-11-17)19(15-21)7-6-14-22-20-8-4-3-5-9-20/h3-5,8-13,16,19H,6-7,14-15,21H2,1-2H3. The Morgan fingerprint density at radius 3 is 2.14 bits per heavy atom. The van der Waals surface area contributed by atoms with Gasteiger partial charge in [-0.15, -0.1) is 0 Å². The molecule has 0 spiro atoms. The van der Waals surface area contributed by atoms with Gasteiger partial charge in [-0.3, -0.25) is 0 Å². The number of nitrogens with two attached hydrogens (primary N) is 1. The zero-order valence-electron chi connectivity index (χ0n) is 13.7. The number of hydrogen-bond donors (Lipinski definition) is 1. The van der Waals surface area contributed by atoms with Crippen molar-refractivity contribution < 1.29 is 4.74 Å². The van der Waals surface area contributed by atoms with E-state index in [-0.39, 0.29) is 0 Å². The van der Waals surface area contributed by atoms with E-state index in [9.17, 15) is 0 Å². The van der Waals surface area contributed by atoms with Crippen LogP contribution in [0.4, 0.5) is 0 Å². The van der Waals surface area contributed by atoms with Crippen LogP contribution in [0.3, 0.4) is 0 Å². The van der Waals surface area contributed by atoms with Gasteiger partial charge in [0.2, 0.25) is 0 Å². The molecule has 2 N–H and O–H groups in total. The van der Waals surface area contributed by atoms with Crippen LogP contribution in [-0.2, 0) is 0 Å². The summed E-state index contributed by atoms with van der Waals surface area (Å²) in [7, 11) is 0. The van der Waals surface area contributed by atoms with Crippen LogP contribution in [0.5, 0.6) is 5.75 Å². The van der Waals surface area contributed by atoms with Gasteiger partial charge in [0.25, 0.3) is 0 Å². The van der Waals surface area contributed by atoms with Gasteiger partial charge < -0.3 is 10.5 Å². The fraction of sp³-hybridized carbons (Fsp3) is 0.400. The zero-order chi connectivity index (χ0) is 15.8. The van der Waals surface area contributed by atoms with Crippen LogP contribution < -0.4 is 10.5 Å². The molecule has 2 rings (SSSR count). The predicted octanol–water partition coefficient (Wildman–Crippen LogP) is 4.71. The molecule has 0 aliphatic carbocycles. The van der Waals surface area contributed by atoms with Crippen LogP contribution in [0.2, 0.25) is 0 Å². The first kappa shape index (κ1) is 16.6. The van der Waals surface area contributed by atoms with Crippen LogP contribution in [0.1, 0.15) is 49.7 Å². The molecule has 2 aromatic rings. The van der Waals surface area contributed by atoms with E-state index in [1.54, 1.807) is 0 Å². The monoisotopic (exact) mass is 297 g/mol. The summed E-state index contributed by atoms with van der Waals surface area (Å²) in [5, 5.41) is 0. The maximum absolute atomic E-state index is 5.96. The van der Waals surface area contributed by atoms with Gasteiger partial charge in [0.1, 0.15) is 5.75 Å². The van der Waals surface area contributed by atoms with Gasteiger partial charge in [-0.1, -0.05) is 56.3 Å². The molecule has 0 aromatic heterocycles. The average Bonchev–Trinajstić information content (AvgIpc) is 2.56. The topological polar surface area (TPSA) is 35.2 Å². The minimum Gasteiger partial charge on any atom is -0.494 e. The largest absolute Gasteiger partial charge is 0.494 e. The maximum Gasteiger partial charge on any atom is 0.119 e. The highest BCUT2D eigenvalue weighted by atomic mass is 16.5. The Hall–Kier alpha value is -1.80. The van der Waals surface area contributed by atoms with Crippen molar-refractivity contribution in [3.8, 4) is 5.75 Å². The number of rotatable bonds is 8. The molecule has 2 aromatic carbocycles. The van der Waals surface area contributed by atoms with Crippen molar-refractivity contribution in [3.05, 3.63) is 65.7 Å². The van der Waals surface area contributed by atoms with E-state index in [1.165, 1.54) is 11.1 Å². The number of benzene rings is 2. The van der Waals surface area contributed by atoms with Crippen LogP contribution in [-0.4, -0.2) is 13.2 Å². The number of hydrogen-bond acceptors (Lipinski definition) is 2. The van der Waals surface area contributed by atoms with E-state index in [0.29, 0.717) is 18.4 Å². The summed E-state index contributed by atoms with van der Waals surface area (Å²) in [5.74, 6) is 1.93. The Bertz CT molecular complexity index is 533. The fourth-order valence-electron chi connectivity index (χ4n) is 2.61. The molecule has 1 atom stereocenters. The molecule has 0 amide bonds. The van der Waals surface area contributed by atoms with Gasteiger partial charge >= 0.3 is 0 Å². The molecular formula is C20H27NO. The maximum atomic E-state index is 5.96. The van der Waals surface area contributed by atoms with Crippen molar-refractivity contribution in [1.29, 1.82) is 0 Å². The van der Waals surface area contributed by atoms with Gasteiger partial charge in [-0.2, -0.15) is 0 Å². The Morgan fingerprint density at radius 2 is 1.55 bits per heavy atom. The van der Waals surface area contributed by atoms with Crippen molar-refractivity contribution in [2.24, 2.45) is 5.73 Å². The van der Waals surface area contributed by atoms with Crippen molar-refractivity contribution in [2.75, 3.05) is 13.2 Å². The summed E-state index contributed by atoms with van der Waals surface area (Å²) < 4.78 is 5.75. The first-order valence-corrected chi connectivity index (χ1v) is 8.18. The molecular weight excluding hydrogens is 270 g/mol. The van der Waals surface area contributed by atoms with Gasteiger partial charge in [-0.25, -0.2) is 0 Å². The van der Waals surface area contributed by atoms with E-state index in [1.807, 2.05) is 30.3 Å². The molecule has 1 unspecified atom stereocenters. The van der Waals surface area contributed by atoms with E-state index in [0.717, 1.165) is 25.2 Å². The Morgan fingerprint density at radius 1 is 0.909 bits per heavy atom. The summed E-state index contributed by atoms with van der Waals surface area (Å²) in [4.78, 5) is 0. The third-order valence-electron chi connectivity index (χ3n) is 4.07. The fourth-order valence-corrected chi connectivity index (χ4v) is 2.61. The van der Waals surface area contributed by atoms with Crippen LogP contribution in [0.15, 0.2) is 54.6 Å². The molecule has 0 saturated carbocycles. The quantitative estimate of drug-likeness (QED) is 0.716. The lowest BCUT2D eigenvalue weighted by molar-refractivity contribution is 0.302. The molecule has 0 bridgehead atoms. The summed E-state index contributed by atoms with van der Waals surface area (Å²) >= 11 is 0. The predicted molar refractivity (Wildman–Crippen MR) is 93.5 cm³/mol.